The molecule has 2 aromatic rings. The molecule has 0 bridgehead atoms. The highest BCUT2D eigenvalue weighted by atomic mass is 19.1. The molecule has 19 heavy (non-hydrogen) atoms. The molecule has 1 fully saturated rings. The Balaban J connectivity index is 1.56. The number of benzene rings is 1. The second-order valence-electron chi connectivity index (χ2n) is 4.83. The van der Waals surface area contributed by atoms with E-state index in [0.717, 1.165) is 18.4 Å². The Morgan fingerprint density at radius 3 is 2.84 bits per heavy atom. The van der Waals surface area contributed by atoms with Crippen LogP contribution >= 0.6 is 0 Å². The summed E-state index contributed by atoms with van der Waals surface area (Å²) in [4.78, 5) is 18.3. The predicted molar refractivity (Wildman–Crippen MR) is 68.2 cm³/mol. The van der Waals surface area contributed by atoms with Crippen molar-refractivity contribution in [2.24, 2.45) is 0 Å². The van der Waals surface area contributed by atoms with Crippen LogP contribution < -0.4 is 5.32 Å². The summed E-state index contributed by atoms with van der Waals surface area (Å²) in [5.41, 5.74) is 1.20. The first-order valence-electron chi connectivity index (χ1n) is 6.27. The van der Waals surface area contributed by atoms with Crippen LogP contribution in [0.5, 0.6) is 0 Å². The molecule has 1 aromatic heterocycles. The van der Waals surface area contributed by atoms with Crippen LogP contribution in [0.15, 0.2) is 36.8 Å². The number of carbonyl (C=O) groups is 1. The van der Waals surface area contributed by atoms with Gasteiger partial charge in [-0.1, -0.05) is 18.2 Å². The molecule has 98 valence electrons. The molecule has 1 amide bonds. The van der Waals surface area contributed by atoms with Gasteiger partial charge in [0.25, 0.3) is 5.91 Å². The molecule has 3 rings (SSSR count). The third kappa shape index (κ3) is 2.36. The van der Waals surface area contributed by atoms with Gasteiger partial charge in [-0.25, -0.2) is 9.37 Å². The number of hydrogen-bond acceptors (Lipinski definition) is 2. The summed E-state index contributed by atoms with van der Waals surface area (Å²) in [6.45, 7) is 0. The fraction of sp³-hybridized carbons (Fsp3) is 0.286. The van der Waals surface area contributed by atoms with Gasteiger partial charge in [-0.05, 0) is 30.4 Å². The molecule has 4 nitrogen and oxygen atoms in total. The van der Waals surface area contributed by atoms with Gasteiger partial charge in [-0.3, -0.25) is 4.79 Å². The van der Waals surface area contributed by atoms with Gasteiger partial charge in [0.15, 0.2) is 0 Å². The molecule has 1 aromatic carbocycles. The second-order valence-corrected chi connectivity index (χ2v) is 4.83. The zero-order valence-electron chi connectivity index (χ0n) is 10.3. The molecule has 0 radical (unpaired) electrons. The molecule has 1 saturated carbocycles. The van der Waals surface area contributed by atoms with Crippen molar-refractivity contribution in [2.45, 2.75) is 24.8 Å². The summed E-state index contributed by atoms with van der Waals surface area (Å²) in [5, 5.41) is 2.91. The number of nitrogens with one attached hydrogen (secondary N) is 2. The molecule has 0 unspecified atom stereocenters. The third-order valence-electron chi connectivity index (χ3n) is 3.56. The fourth-order valence-electron chi connectivity index (χ4n) is 2.44. The Hall–Kier alpha value is -2.17. The smallest absolute Gasteiger partial charge is 0.269 e. The second kappa shape index (κ2) is 4.84. The van der Waals surface area contributed by atoms with Crippen molar-refractivity contribution in [3.63, 3.8) is 0 Å². The third-order valence-corrected chi connectivity index (χ3v) is 3.56. The molecule has 0 spiro atoms. The Morgan fingerprint density at radius 1 is 1.37 bits per heavy atom. The summed E-state index contributed by atoms with van der Waals surface area (Å²) in [7, 11) is 0. The maximum atomic E-state index is 13.6. The van der Waals surface area contributed by atoms with Gasteiger partial charge in [-0.2, -0.15) is 0 Å². The number of rotatable bonds is 3. The number of carbonyl (C=O) groups excluding carboxylic acids is 1. The highest BCUT2D eigenvalue weighted by molar-refractivity contribution is 5.92. The first-order chi connectivity index (χ1) is 9.24. The molecule has 5 heteroatoms. The largest absolute Gasteiger partial charge is 0.348 e. The van der Waals surface area contributed by atoms with Crippen molar-refractivity contribution in [1.29, 1.82) is 0 Å². The lowest BCUT2D eigenvalue weighted by atomic mass is 9.75. The van der Waals surface area contributed by atoms with Gasteiger partial charge < -0.3 is 10.3 Å². The van der Waals surface area contributed by atoms with E-state index in [1.165, 1.54) is 18.6 Å². The average Bonchev–Trinajstić information content (AvgIpc) is 2.88. The molecular weight excluding hydrogens is 245 g/mol. The van der Waals surface area contributed by atoms with Gasteiger partial charge in [0.1, 0.15) is 11.5 Å². The Kier molecular flexibility index (Phi) is 3.03. The number of imidazole rings is 1. The summed E-state index contributed by atoms with van der Waals surface area (Å²) < 4.78 is 13.6. The lowest BCUT2D eigenvalue weighted by Crippen LogP contribution is -2.43. The molecule has 1 aliphatic rings. The van der Waals surface area contributed by atoms with Crippen LogP contribution in [0.1, 0.15) is 34.8 Å². The van der Waals surface area contributed by atoms with Crippen molar-refractivity contribution in [1.82, 2.24) is 15.3 Å². The molecule has 2 N–H and O–H groups in total. The zero-order valence-corrected chi connectivity index (χ0v) is 10.3. The van der Waals surface area contributed by atoms with Crippen molar-refractivity contribution >= 4 is 5.91 Å². The van der Waals surface area contributed by atoms with E-state index in [0.29, 0.717) is 5.69 Å². The van der Waals surface area contributed by atoms with Gasteiger partial charge in [-0.15, -0.1) is 0 Å². The molecule has 1 aliphatic carbocycles. The van der Waals surface area contributed by atoms with E-state index in [9.17, 15) is 9.18 Å². The van der Waals surface area contributed by atoms with E-state index in [4.69, 9.17) is 0 Å². The first kappa shape index (κ1) is 11.9. The van der Waals surface area contributed by atoms with E-state index in [1.807, 2.05) is 12.1 Å². The van der Waals surface area contributed by atoms with Gasteiger partial charge in [0.2, 0.25) is 0 Å². The maximum Gasteiger partial charge on any atom is 0.269 e. The van der Waals surface area contributed by atoms with Crippen molar-refractivity contribution in [3.8, 4) is 0 Å². The van der Waals surface area contributed by atoms with Crippen molar-refractivity contribution < 1.29 is 9.18 Å². The van der Waals surface area contributed by atoms with Crippen LogP contribution in [0.25, 0.3) is 0 Å². The van der Waals surface area contributed by atoms with Crippen LogP contribution in [0.4, 0.5) is 4.39 Å². The lowest BCUT2D eigenvalue weighted by Gasteiger charge is -2.36. The number of nitrogens with zero attached hydrogens (tertiary/aromatic N) is 1. The minimum Gasteiger partial charge on any atom is -0.348 e. The van der Waals surface area contributed by atoms with Crippen molar-refractivity contribution in [3.05, 3.63) is 53.9 Å². The highest BCUT2D eigenvalue weighted by Gasteiger charge is 2.33. The predicted octanol–water partition coefficient (Wildman–Crippen LogP) is 2.22. The number of H-pyrrole nitrogens is 1. The zero-order chi connectivity index (χ0) is 13.2. The molecule has 0 saturated heterocycles. The summed E-state index contributed by atoms with van der Waals surface area (Å²) >= 11 is 0. The number of hydrogen-bond donors (Lipinski definition) is 2. The molecule has 0 atom stereocenters. The van der Waals surface area contributed by atoms with Crippen LogP contribution in [0, 0.1) is 5.82 Å². The monoisotopic (exact) mass is 259 g/mol. The minimum absolute atomic E-state index is 0.111. The normalized spacial score (nSPS) is 21.7. The van der Waals surface area contributed by atoms with Crippen LogP contribution in [-0.4, -0.2) is 21.9 Å². The van der Waals surface area contributed by atoms with Gasteiger partial charge in [0.05, 0.1) is 12.5 Å². The van der Waals surface area contributed by atoms with Gasteiger partial charge in [0, 0.05) is 6.04 Å². The standard InChI is InChI=1S/C14H14FN3O/c15-12-4-2-1-3-11(12)9-5-10(6-9)18-14(19)13-7-16-8-17-13/h1-4,7-10H,5-6H2,(H,16,17)(H,18,19). The number of aromatic nitrogens is 2. The lowest BCUT2D eigenvalue weighted by molar-refractivity contribution is 0.0904. The van der Waals surface area contributed by atoms with E-state index < -0.39 is 0 Å². The summed E-state index contributed by atoms with van der Waals surface area (Å²) in [5.74, 6) is -0.117. The molecular formula is C14H14FN3O. The van der Waals surface area contributed by atoms with Gasteiger partial charge >= 0.3 is 0 Å². The average molecular weight is 259 g/mol. The first-order valence-corrected chi connectivity index (χ1v) is 6.27. The maximum absolute atomic E-state index is 13.6. The Morgan fingerprint density at radius 2 is 2.16 bits per heavy atom. The molecule has 1 heterocycles. The Bertz CT molecular complexity index is 576. The highest BCUT2D eigenvalue weighted by Crippen LogP contribution is 2.37. The van der Waals surface area contributed by atoms with Crippen LogP contribution in [-0.2, 0) is 0 Å². The number of halogens is 1. The summed E-state index contributed by atoms with van der Waals surface area (Å²) in [6, 6.07) is 6.93. The minimum atomic E-state index is -0.161. The van der Waals surface area contributed by atoms with E-state index in [1.54, 1.807) is 6.07 Å². The van der Waals surface area contributed by atoms with E-state index >= 15 is 0 Å². The number of amides is 1. The van der Waals surface area contributed by atoms with E-state index in [-0.39, 0.29) is 23.7 Å². The molecule has 0 aliphatic heterocycles. The van der Waals surface area contributed by atoms with E-state index in [2.05, 4.69) is 15.3 Å². The van der Waals surface area contributed by atoms with Crippen molar-refractivity contribution in [2.75, 3.05) is 0 Å². The number of aromatic amines is 1. The van der Waals surface area contributed by atoms with Crippen LogP contribution in [0.2, 0.25) is 0 Å². The quantitative estimate of drug-likeness (QED) is 0.888. The fourth-order valence-corrected chi connectivity index (χ4v) is 2.44. The topological polar surface area (TPSA) is 57.8 Å². The van der Waals surface area contributed by atoms with Crippen LogP contribution in [0.3, 0.4) is 0 Å². The SMILES string of the molecule is O=C(NC1CC(c2ccccc2F)C1)c1cnc[nH]1. The Labute approximate surface area is 110 Å². The summed E-state index contributed by atoms with van der Waals surface area (Å²) in [6.07, 6.45) is 4.52.